The first-order valence-electron chi connectivity index (χ1n) is 4.50. The number of hydrogen-bond acceptors (Lipinski definition) is 4. The van der Waals surface area contributed by atoms with Gasteiger partial charge in [0.2, 0.25) is 0 Å². The summed E-state index contributed by atoms with van der Waals surface area (Å²) in [6.45, 7) is 2.57. The lowest BCUT2D eigenvalue weighted by molar-refractivity contribution is -0.121. The van der Waals surface area contributed by atoms with Gasteiger partial charge in [0.1, 0.15) is 4.32 Å². The summed E-state index contributed by atoms with van der Waals surface area (Å²) in [6, 6.07) is 1.99. The summed E-state index contributed by atoms with van der Waals surface area (Å²) in [4.78, 5) is 14.2. The third kappa shape index (κ3) is 2.14. The Bertz CT molecular complexity index is 422. The molecule has 1 aromatic heterocycles. The molecular weight excluding hydrogens is 246 g/mol. The first kappa shape index (κ1) is 10.9. The summed E-state index contributed by atoms with van der Waals surface area (Å²) >= 11 is 8.12. The molecule has 1 aliphatic heterocycles. The quantitative estimate of drug-likeness (QED) is 0.598. The standard InChI is InChI=1S/C10H9NOS3/c1-2-11-9(12)8(15-10(11)13)5-7-3-4-14-6-7/h3-6H,2H2,1H3. The van der Waals surface area contributed by atoms with Crippen LogP contribution in [0, 0.1) is 0 Å². The predicted molar refractivity (Wildman–Crippen MR) is 69.9 cm³/mol. The minimum absolute atomic E-state index is 0.0266. The van der Waals surface area contributed by atoms with E-state index >= 15 is 0 Å². The minimum Gasteiger partial charge on any atom is -0.293 e. The van der Waals surface area contributed by atoms with Gasteiger partial charge in [0, 0.05) is 6.54 Å². The molecule has 1 saturated heterocycles. The number of likely N-dealkylation sites (N-methyl/N-ethyl adjacent to an activating group) is 1. The molecule has 0 N–H and O–H groups in total. The Morgan fingerprint density at radius 1 is 1.60 bits per heavy atom. The Labute approximate surface area is 102 Å². The van der Waals surface area contributed by atoms with Crippen LogP contribution in [0.25, 0.3) is 6.08 Å². The summed E-state index contributed by atoms with van der Waals surface area (Å²) < 4.78 is 0.656. The molecule has 1 aliphatic rings. The van der Waals surface area contributed by atoms with Gasteiger partial charge in [-0.15, -0.1) is 0 Å². The van der Waals surface area contributed by atoms with E-state index in [2.05, 4.69) is 0 Å². The maximum absolute atomic E-state index is 11.8. The molecule has 1 amide bonds. The fourth-order valence-electron chi connectivity index (χ4n) is 1.28. The number of carbonyl (C=O) groups is 1. The van der Waals surface area contributed by atoms with E-state index < -0.39 is 0 Å². The Kier molecular flexibility index (Phi) is 3.23. The normalized spacial score (nSPS) is 19.3. The number of nitrogens with zero attached hydrogens (tertiary/aromatic N) is 1. The van der Waals surface area contributed by atoms with E-state index in [1.54, 1.807) is 16.2 Å². The molecule has 0 spiro atoms. The van der Waals surface area contributed by atoms with Crippen molar-refractivity contribution in [3.63, 3.8) is 0 Å². The minimum atomic E-state index is 0.0266. The summed E-state index contributed by atoms with van der Waals surface area (Å²) in [5, 5.41) is 4.00. The monoisotopic (exact) mass is 255 g/mol. The molecule has 0 aliphatic carbocycles. The van der Waals surface area contributed by atoms with Crippen molar-refractivity contribution in [3.8, 4) is 0 Å². The molecule has 2 nitrogen and oxygen atoms in total. The highest BCUT2D eigenvalue weighted by Gasteiger charge is 2.30. The van der Waals surface area contributed by atoms with Crippen LogP contribution in [0.5, 0.6) is 0 Å². The fraction of sp³-hybridized carbons (Fsp3) is 0.200. The SMILES string of the molecule is CCN1C(=O)C(=Cc2ccsc2)SC1=S. The Hall–Kier alpha value is -0.650. The van der Waals surface area contributed by atoms with Gasteiger partial charge >= 0.3 is 0 Å². The lowest BCUT2D eigenvalue weighted by Gasteiger charge is -2.09. The molecule has 1 fully saturated rings. The number of amides is 1. The van der Waals surface area contributed by atoms with Crippen LogP contribution in [-0.2, 0) is 4.79 Å². The molecule has 0 bridgehead atoms. The number of thioether (sulfide) groups is 1. The molecule has 78 valence electrons. The van der Waals surface area contributed by atoms with E-state index in [-0.39, 0.29) is 5.91 Å². The first-order valence-corrected chi connectivity index (χ1v) is 6.66. The molecule has 5 heteroatoms. The average molecular weight is 255 g/mol. The van der Waals surface area contributed by atoms with Crippen LogP contribution in [0.2, 0.25) is 0 Å². The van der Waals surface area contributed by atoms with Crippen molar-refractivity contribution >= 4 is 51.6 Å². The van der Waals surface area contributed by atoms with E-state index in [0.29, 0.717) is 10.9 Å². The Morgan fingerprint density at radius 2 is 2.40 bits per heavy atom. The summed E-state index contributed by atoms with van der Waals surface area (Å²) in [6.07, 6.45) is 1.89. The van der Waals surface area contributed by atoms with Crippen LogP contribution >= 0.6 is 35.3 Å². The van der Waals surface area contributed by atoms with Gasteiger partial charge in [0.05, 0.1) is 4.91 Å². The third-order valence-corrected chi connectivity index (χ3v) is 4.11. The van der Waals surface area contributed by atoms with Gasteiger partial charge in [-0.2, -0.15) is 11.3 Å². The number of hydrogen-bond donors (Lipinski definition) is 0. The maximum Gasteiger partial charge on any atom is 0.266 e. The van der Waals surface area contributed by atoms with Gasteiger partial charge < -0.3 is 0 Å². The molecule has 0 saturated carbocycles. The third-order valence-electron chi connectivity index (χ3n) is 2.03. The van der Waals surface area contributed by atoms with Crippen molar-refractivity contribution in [2.45, 2.75) is 6.92 Å². The van der Waals surface area contributed by atoms with Crippen LogP contribution in [0.4, 0.5) is 0 Å². The molecule has 2 heterocycles. The molecule has 0 unspecified atom stereocenters. The van der Waals surface area contributed by atoms with E-state index in [4.69, 9.17) is 12.2 Å². The predicted octanol–water partition coefficient (Wildman–Crippen LogP) is 2.97. The Balaban J connectivity index is 2.26. The number of carbonyl (C=O) groups excluding carboxylic acids is 1. The number of thiophene rings is 1. The van der Waals surface area contributed by atoms with E-state index in [9.17, 15) is 4.79 Å². The van der Waals surface area contributed by atoms with E-state index in [0.717, 1.165) is 10.5 Å². The zero-order chi connectivity index (χ0) is 10.8. The lowest BCUT2D eigenvalue weighted by Crippen LogP contribution is -2.27. The van der Waals surface area contributed by atoms with Crippen molar-refractivity contribution in [1.29, 1.82) is 0 Å². The average Bonchev–Trinajstić information content (AvgIpc) is 2.78. The molecule has 0 radical (unpaired) electrons. The molecule has 0 aromatic carbocycles. The lowest BCUT2D eigenvalue weighted by atomic mass is 10.3. The second-order valence-corrected chi connectivity index (χ2v) is 5.44. The van der Waals surface area contributed by atoms with Crippen LogP contribution in [0.15, 0.2) is 21.7 Å². The molecule has 2 rings (SSSR count). The zero-order valence-electron chi connectivity index (χ0n) is 8.10. The first-order chi connectivity index (χ1) is 7.22. The molecule has 1 aromatic rings. The van der Waals surface area contributed by atoms with Gasteiger partial charge in [0.15, 0.2) is 0 Å². The number of rotatable bonds is 2. The van der Waals surface area contributed by atoms with Gasteiger partial charge in [-0.05, 0) is 35.4 Å². The highest BCUT2D eigenvalue weighted by Crippen LogP contribution is 2.32. The second kappa shape index (κ2) is 4.47. The van der Waals surface area contributed by atoms with Crippen molar-refractivity contribution in [1.82, 2.24) is 4.90 Å². The summed E-state index contributed by atoms with van der Waals surface area (Å²) in [5.41, 5.74) is 1.07. The highest BCUT2D eigenvalue weighted by atomic mass is 32.2. The van der Waals surface area contributed by atoms with Crippen LogP contribution in [-0.4, -0.2) is 21.7 Å². The Morgan fingerprint density at radius 3 is 2.93 bits per heavy atom. The molecule has 0 atom stereocenters. The highest BCUT2D eigenvalue weighted by molar-refractivity contribution is 8.26. The van der Waals surface area contributed by atoms with Crippen LogP contribution < -0.4 is 0 Å². The topological polar surface area (TPSA) is 20.3 Å². The molecular formula is C10H9NOS3. The van der Waals surface area contributed by atoms with Crippen molar-refractivity contribution in [2.24, 2.45) is 0 Å². The summed E-state index contributed by atoms with van der Waals surface area (Å²) in [5.74, 6) is 0.0266. The fourth-order valence-corrected chi connectivity index (χ4v) is 3.28. The van der Waals surface area contributed by atoms with E-state index in [1.807, 2.05) is 29.8 Å². The second-order valence-electron chi connectivity index (χ2n) is 2.98. The van der Waals surface area contributed by atoms with Crippen molar-refractivity contribution in [2.75, 3.05) is 6.54 Å². The van der Waals surface area contributed by atoms with Gasteiger partial charge in [0.25, 0.3) is 5.91 Å². The van der Waals surface area contributed by atoms with Crippen molar-refractivity contribution in [3.05, 3.63) is 27.3 Å². The van der Waals surface area contributed by atoms with Gasteiger partial charge in [-0.1, -0.05) is 24.0 Å². The van der Waals surface area contributed by atoms with Crippen molar-refractivity contribution < 1.29 is 4.79 Å². The maximum atomic E-state index is 11.8. The largest absolute Gasteiger partial charge is 0.293 e. The zero-order valence-corrected chi connectivity index (χ0v) is 10.5. The van der Waals surface area contributed by atoms with Gasteiger partial charge in [-0.25, -0.2) is 0 Å². The smallest absolute Gasteiger partial charge is 0.266 e. The van der Waals surface area contributed by atoms with Crippen LogP contribution in [0.3, 0.4) is 0 Å². The van der Waals surface area contributed by atoms with Gasteiger partial charge in [-0.3, -0.25) is 9.69 Å². The van der Waals surface area contributed by atoms with E-state index in [1.165, 1.54) is 11.8 Å². The number of thiocarbonyl (C=S) groups is 1. The van der Waals surface area contributed by atoms with Crippen LogP contribution in [0.1, 0.15) is 12.5 Å². The summed E-state index contributed by atoms with van der Waals surface area (Å²) in [7, 11) is 0. The molecule has 15 heavy (non-hydrogen) atoms.